The van der Waals surface area contributed by atoms with Crippen LogP contribution in [0.15, 0.2) is 60.1 Å². The van der Waals surface area contributed by atoms with Crippen LogP contribution in [0.1, 0.15) is 64.6 Å². The highest BCUT2D eigenvalue weighted by Gasteiger charge is 2.23. The summed E-state index contributed by atoms with van der Waals surface area (Å²) in [6.45, 7) is 6.91. The molecule has 4 rings (SSSR count). The topological polar surface area (TPSA) is 74.3 Å². The van der Waals surface area contributed by atoms with Crippen LogP contribution in [0.4, 0.5) is 5.00 Å². The highest BCUT2D eigenvalue weighted by Crippen LogP contribution is 2.25. The molecule has 1 aliphatic rings. The third-order valence-corrected chi connectivity index (χ3v) is 6.84. The minimum Gasteiger partial charge on any atom is -0.349 e. The van der Waals surface area contributed by atoms with Gasteiger partial charge in [0.15, 0.2) is 0 Å². The zero-order chi connectivity index (χ0) is 23.2. The van der Waals surface area contributed by atoms with Gasteiger partial charge < -0.3 is 10.6 Å². The van der Waals surface area contributed by atoms with Crippen LogP contribution in [-0.2, 0) is 6.54 Å². The molecule has 172 valence electrons. The lowest BCUT2D eigenvalue weighted by Gasteiger charge is -2.32. The lowest BCUT2D eigenvalue weighted by atomic mass is 10.0. The first-order chi connectivity index (χ1) is 16.0. The summed E-state index contributed by atoms with van der Waals surface area (Å²) in [5.74, 6) is 0.0751. The Kier molecular flexibility index (Phi) is 7.52. The van der Waals surface area contributed by atoms with E-state index in [1.54, 1.807) is 6.07 Å². The molecular weight excluding hydrogens is 432 g/mol. The van der Waals surface area contributed by atoms with Crippen LogP contribution >= 0.6 is 11.3 Å². The quantitative estimate of drug-likeness (QED) is 0.523. The first kappa shape index (κ1) is 23.1. The highest BCUT2D eigenvalue weighted by molar-refractivity contribution is 7.14. The van der Waals surface area contributed by atoms with E-state index in [1.807, 2.05) is 54.0 Å². The average Bonchev–Trinajstić information content (AvgIpc) is 3.29. The molecule has 33 heavy (non-hydrogen) atoms. The Hall–Kier alpha value is -3.03. The van der Waals surface area contributed by atoms with Gasteiger partial charge in [0.2, 0.25) is 0 Å². The minimum atomic E-state index is -0.204. The smallest absolute Gasteiger partial charge is 0.256 e. The molecule has 0 radical (unpaired) electrons. The Morgan fingerprint density at radius 2 is 1.82 bits per heavy atom. The van der Waals surface area contributed by atoms with E-state index in [0.717, 1.165) is 38.2 Å². The number of nitrogens with one attached hydrogen (secondary N) is 2. The van der Waals surface area contributed by atoms with Gasteiger partial charge in [-0.1, -0.05) is 32.0 Å². The van der Waals surface area contributed by atoms with Crippen LogP contribution < -0.4 is 10.6 Å². The van der Waals surface area contributed by atoms with Crippen molar-refractivity contribution in [1.29, 1.82) is 0 Å². The number of anilines is 1. The number of aromatic nitrogens is 1. The molecule has 0 unspecified atom stereocenters. The van der Waals surface area contributed by atoms with Crippen molar-refractivity contribution in [2.45, 2.75) is 45.2 Å². The number of nitrogens with zero attached hydrogens (tertiary/aromatic N) is 2. The van der Waals surface area contributed by atoms with Gasteiger partial charge in [-0.15, -0.1) is 11.3 Å². The number of piperidine rings is 1. The van der Waals surface area contributed by atoms with Crippen molar-refractivity contribution in [2.24, 2.45) is 0 Å². The zero-order valence-corrected chi connectivity index (χ0v) is 19.9. The first-order valence-corrected chi connectivity index (χ1v) is 12.3. The Balaban J connectivity index is 1.30. The van der Waals surface area contributed by atoms with Gasteiger partial charge in [-0.05, 0) is 60.0 Å². The summed E-state index contributed by atoms with van der Waals surface area (Å²) in [5, 5.41) is 8.48. The fraction of sp³-hybridized carbons (Fsp3) is 0.346. The summed E-state index contributed by atoms with van der Waals surface area (Å²) in [5.41, 5.74) is 3.36. The molecule has 2 amide bonds. The van der Waals surface area contributed by atoms with Crippen molar-refractivity contribution >= 4 is 28.2 Å². The number of hydrogen-bond acceptors (Lipinski definition) is 5. The third kappa shape index (κ3) is 6.06. The molecule has 0 aliphatic carbocycles. The van der Waals surface area contributed by atoms with Crippen LogP contribution in [0.2, 0.25) is 0 Å². The second-order valence-electron chi connectivity index (χ2n) is 8.74. The molecule has 1 aromatic carbocycles. The number of likely N-dealkylation sites (tertiary alicyclic amines) is 1. The van der Waals surface area contributed by atoms with Gasteiger partial charge in [0.05, 0.1) is 11.3 Å². The van der Waals surface area contributed by atoms with Crippen molar-refractivity contribution in [3.63, 3.8) is 0 Å². The van der Waals surface area contributed by atoms with E-state index < -0.39 is 0 Å². The maximum atomic E-state index is 12.9. The summed E-state index contributed by atoms with van der Waals surface area (Å²) < 4.78 is 0. The molecule has 2 N–H and O–H groups in total. The van der Waals surface area contributed by atoms with E-state index in [2.05, 4.69) is 34.4 Å². The van der Waals surface area contributed by atoms with Gasteiger partial charge in [-0.25, -0.2) is 0 Å². The standard InChI is InChI=1S/C26H30N4O2S/c1-18(2)19-6-8-20(9-7-19)24(31)29-26-23(12-16-33-26)25(32)28-21-10-14-30(15-11-21)17-22-5-3-4-13-27-22/h3-9,12-13,16,18,21H,10-11,14-15,17H2,1-2H3,(H,28,32)(H,29,31). The summed E-state index contributed by atoms with van der Waals surface area (Å²) in [4.78, 5) is 32.4. The summed E-state index contributed by atoms with van der Waals surface area (Å²) >= 11 is 1.36. The summed E-state index contributed by atoms with van der Waals surface area (Å²) in [6.07, 6.45) is 3.61. The molecule has 3 aromatic rings. The van der Waals surface area contributed by atoms with E-state index in [-0.39, 0.29) is 17.9 Å². The van der Waals surface area contributed by atoms with Gasteiger partial charge in [-0.3, -0.25) is 19.5 Å². The number of rotatable bonds is 7. The number of carbonyl (C=O) groups excluding carboxylic acids is 2. The Labute approximate surface area is 199 Å². The summed E-state index contributed by atoms with van der Waals surface area (Å²) in [6, 6.07) is 15.5. The lowest BCUT2D eigenvalue weighted by Crippen LogP contribution is -2.44. The maximum Gasteiger partial charge on any atom is 0.256 e. The molecule has 2 aromatic heterocycles. The Morgan fingerprint density at radius 3 is 2.48 bits per heavy atom. The molecule has 0 spiro atoms. The van der Waals surface area contributed by atoms with Crippen molar-refractivity contribution in [3.05, 3.63) is 82.5 Å². The SMILES string of the molecule is CC(C)c1ccc(C(=O)Nc2sccc2C(=O)NC2CCN(Cc3ccccn3)CC2)cc1. The van der Waals surface area contributed by atoms with Crippen molar-refractivity contribution < 1.29 is 9.59 Å². The van der Waals surface area contributed by atoms with Gasteiger partial charge in [0.1, 0.15) is 5.00 Å². The van der Waals surface area contributed by atoms with Gasteiger partial charge in [0, 0.05) is 37.4 Å². The van der Waals surface area contributed by atoms with E-state index in [1.165, 1.54) is 16.9 Å². The molecule has 0 bridgehead atoms. The van der Waals surface area contributed by atoms with Crippen LogP contribution in [0.3, 0.4) is 0 Å². The van der Waals surface area contributed by atoms with E-state index in [4.69, 9.17) is 0 Å². The largest absolute Gasteiger partial charge is 0.349 e. The second kappa shape index (κ2) is 10.7. The van der Waals surface area contributed by atoms with Crippen LogP contribution in [0.5, 0.6) is 0 Å². The van der Waals surface area contributed by atoms with Crippen LogP contribution in [0.25, 0.3) is 0 Å². The van der Waals surface area contributed by atoms with Crippen LogP contribution in [0, 0.1) is 0 Å². The highest BCUT2D eigenvalue weighted by atomic mass is 32.1. The second-order valence-corrected chi connectivity index (χ2v) is 9.66. The Morgan fingerprint density at radius 1 is 1.06 bits per heavy atom. The van der Waals surface area contributed by atoms with Gasteiger partial charge in [-0.2, -0.15) is 0 Å². The van der Waals surface area contributed by atoms with E-state index in [0.29, 0.717) is 22.0 Å². The molecule has 1 aliphatic heterocycles. The maximum absolute atomic E-state index is 12.9. The van der Waals surface area contributed by atoms with Crippen molar-refractivity contribution in [2.75, 3.05) is 18.4 Å². The fourth-order valence-corrected chi connectivity index (χ4v) is 4.78. The fourth-order valence-electron chi connectivity index (χ4n) is 4.00. The molecule has 1 saturated heterocycles. The normalized spacial score (nSPS) is 14.9. The van der Waals surface area contributed by atoms with E-state index >= 15 is 0 Å². The number of carbonyl (C=O) groups is 2. The molecule has 1 fully saturated rings. The van der Waals surface area contributed by atoms with Gasteiger partial charge in [0.25, 0.3) is 11.8 Å². The number of amides is 2. The molecule has 7 heteroatoms. The molecule has 6 nitrogen and oxygen atoms in total. The predicted octanol–water partition coefficient (Wildman–Crippen LogP) is 4.91. The molecule has 0 atom stereocenters. The number of benzene rings is 1. The predicted molar refractivity (Wildman–Crippen MR) is 133 cm³/mol. The van der Waals surface area contributed by atoms with Crippen molar-refractivity contribution in [1.82, 2.24) is 15.2 Å². The third-order valence-electron chi connectivity index (χ3n) is 6.01. The van der Waals surface area contributed by atoms with Crippen LogP contribution in [-0.4, -0.2) is 40.8 Å². The van der Waals surface area contributed by atoms with Crippen molar-refractivity contribution in [3.8, 4) is 0 Å². The zero-order valence-electron chi connectivity index (χ0n) is 19.1. The molecule has 3 heterocycles. The van der Waals surface area contributed by atoms with E-state index in [9.17, 15) is 9.59 Å². The molecule has 0 saturated carbocycles. The lowest BCUT2D eigenvalue weighted by molar-refractivity contribution is 0.0910. The first-order valence-electron chi connectivity index (χ1n) is 11.4. The Bertz CT molecular complexity index is 1070. The number of thiophene rings is 1. The summed E-state index contributed by atoms with van der Waals surface area (Å²) in [7, 11) is 0. The van der Waals surface area contributed by atoms with Gasteiger partial charge >= 0.3 is 0 Å². The number of pyridine rings is 1. The average molecular weight is 463 g/mol. The molecular formula is C26H30N4O2S. The number of hydrogen-bond donors (Lipinski definition) is 2. The monoisotopic (exact) mass is 462 g/mol. The minimum absolute atomic E-state index is 0.129.